The number of ether oxygens (including phenoxy) is 1. The van der Waals surface area contributed by atoms with Crippen molar-refractivity contribution in [3.63, 3.8) is 0 Å². The van der Waals surface area contributed by atoms with Crippen LogP contribution in [0.5, 0.6) is 5.75 Å². The van der Waals surface area contributed by atoms with E-state index in [1.165, 1.54) is 5.56 Å². The van der Waals surface area contributed by atoms with Gasteiger partial charge in [0.05, 0.1) is 12.8 Å². The first kappa shape index (κ1) is 17.3. The average Bonchev–Trinajstić information content (AvgIpc) is 2.61. The van der Waals surface area contributed by atoms with E-state index >= 15 is 0 Å². The molecule has 2 rings (SSSR count). The monoisotopic (exact) mass is 326 g/mol. The van der Waals surface area contributed by atoms with Gasteiger partial charge in [-0.15, -0.1) is 0 Å². The lowest BCUT2D eigenvalue weighted by Gasteiger charge is -2.10. The molecule has 0 aliphatic rings. The molecule has 2 aromatic carbocycles. The standard InChI is InChI=1S/C18H22N4O2/c1-24-16-10-6-5-9-15(16)22-18(19)21-13-17(23)20-12-11-14-7-3-2-4-8-14/h2-10H,11-13H2,1H3,(H,20,23)(H3,19,21,22). The lowest BCUT2D eigenvalue weighted by molar-refractivity contribution is -0.119. The first-order valence-corrected chi connectivity index (χ1v) is 7.69. The van der Waals surface area contributed by atoms with Crippen molar-refractivity contribution in [2.75, 3.05) is 25.5 Å². The van der Waals surface area contributed by atoms with Gasteiger partial charge in [-0.1, -0.05) is 42.5 Å². The van der Waals surface area contributed by atoms with Gasteiger partial charge in [-0.2, -0.15) is 0 Å². The summed E-state index contributed by atoms with van der Waals surface area (Å²) in [6.45, 7) is 0.543. The quantitative estimate of drug-likeness (QED) is 0.534. The number of anilines is 1. The van der Waals surface area contributed by atoms with Gasteiger partial charge in [-0.3, -0.25) is 4.79 Å². The Balaban J connectivity index is 1.76. The Morgan fingerprint density at radius 2 is 1.83 bits per heavy atom. The molecule has 0 unspecified atom stereocenters. The van der Waals surface area contributed by atoms with Crippen molar-refractivity contribution in [1.29, 1.82) is 0 Å². The fourth-order valence-corrected chi connectivity index (χ4v) is 2.13. The number of para-hydroxylation sites is 2. The Morgan fingerprint density at radius 1 is 1.12 bits per heavy atom. The normalized spacial score (nSPS) is 11.0. The van der Waals surface area contributed by atoms with Crippen LogP contribution in [0.1, 0.15) is 5.56 Å². The molecule has 0 atom stereocenters. The molecule has 0 aliphatic carbocycles. The van der Waals surface area contributed by atoms with Crippen LogP contribution >= 0.6 is 0 Å². The zero-order chi connectivity index (χ0) is 17.2. The highest BCUT2D eigenvalue weighted by Crippen LogP contribution is 2.22. The van der Waals surface area contributed by atoms with Crippen LogP contribution in [0.2, 0.25) is 0 Å². The molecular formula is C18H22N4O2. The topological polar surface area (TPSA) is 88.7 Å². The summed E-state index contributed by atoms with van der Waals surface area (Å²) in [6, 6.07) is 17.3. The molecular weight excluding hydrogens is 304 g/mol. The number of benzene rings is 2. The lowest BCUT2D eigenvalue weighted by atomic mass is 10.1. The fourth-order valence-electron chi connectivity index (χ4n) is 2.13. The van der Waals surface area contributed by atoms with Crippen LogP contribution in [0.15, 0.2) is 59.6 Å². The highest BCUT2D eigenvalue weighted by atomic mass is 16.5. The number of hydrogen-bond donors (Lipinski definition) is 3. The minimum absolute atomic E-state index is 0.0250. The largest absolute Gasteiger partial charge is 0.495 e. The van der Waals surface area contributed by atoms with E-state index < -0.39 is 0 Å². The summed E-state index contributed by atoms with van der Waals surface area (Å²) >= 11 is 0. The Bertz CT molecular complexity index is 686. The molecule has 126 valence electrons. The number of nitrogens with one attached hydrogen (secondary N) is 2. The van der Waals surface area contributed by atoms with Crippen molar-refractivity contribution in [3.05, 3.63) is 60.2 Å². The van der Waals surface area contributed by atoms with Gasteiger partial charge < -0.3 is 21.1 Å². The molecule has 0 aliphatic heterocycles. The number of guanidine groups is 1. The summed E-state index contributed by atoms with van der Waals surface area (Å²) in [5.74, 6) is 0.649. The summed E-state index contributed by atoms with van der Waals surface area (Å²) in [7, 11) is 1.58. The SMILES string of the molecule is COc1ccccc1NC(N)=NCC(=O)NCCc1ccccc1. The van der Waals surface area contributed by atoms with Crippen molar-refractivity contribution in [1.82, 2.24) is 5.32 Å². The Hall–Kier alpha value is -3.02. The van der Waals surface area contributed by atoms with Crippen molar-refractivity contribution in [2.45, 2.75) is 6.42 Å². The molecule has 4 N–H and O–H groups in total. The maximum absolute atomic E-state index is 11.8. The lowest BCUT2D eigenvalue weighted by Crippen LogP contribution is -2.30. The van der Waals surface area contributed by atoms with Crippen LogP contribution in [0.25, 0.3) is 0 Å². The third-order valence-corrected chi connectivity index (χ3v) is 3.34. The smallest absolute Gasteiger partial charge is 0.241 e. The highest BCUT2D eigenvalue weighted by molar-refractivity contribution is 5.95. The van der Waals surface area contributed by atoms with Gasteiger partial charge in [0, 0.05) is 6.54 Å². The minimum Gasteiger partial charge on any atom is -0.495 e. The Labute approximate surface area is 141 Å². The molecule has 6 heteroatoms. The predicted octanol–water partition coefficient (Wildman–Crippen LogP) is 1.78. The van der Waals surface area contributed by atoms with Crippen LogP contribution in [0, 0.1) is 0 Å². The van der Waals surface area contributed by atoms with Gasteiger partial charge in [0.25, 0.3) is 0 Å². The maximum atomic E-state index is 11.8. The Morgan fingerprint density at radius 3 is 2.58 bits per heavy atom. The number of amides is 1. The van der Waals surface area contributed by atoms with Crippen LogP contribution in [-0.2, 0) is 11.2 Å². The first-order valence-electron chi connectivity index (χ1n) is 7.69. The zero-order valence-corrected chi connectivity index (χ0v) is 13.7. The van der Waals surface area contributed by atoms with Gasteiger partial charge in [-0.05, 0) is 24.1 Å². The summed E-state index contributed by atoms with van der Waals surface area (Å²) in [5, 5.41) is 5.74. The van der Waals surface area contributed by atoms with Crippen LogP contribution in [0.3, 0.4) is 0 Å². The summed E-state index contributed by atoms with van der Waals surface area (Å²) in [5.41, 5.74) is 7.68. The van der Waals surface area contributed by atoms with Crippen LogP contribution in [0.4, 0.5) is 5.69 Å². The van der Waals surface area contributed by atoms with E-state index in [1.807, 2.05) is 54.6 Å². The van der Waals surface area contributed by atoms with Crippen molar-refractivity contribution >= 4 is 17.6 Å². The Kier molecular flexibility index (Phi) is 6.64. The predicted molar refractivity (Wildman–Crippen MR) is 96.3 cm³/mol. The number of nitrogens with two attached hydrogens (primary N) is 1. The van der Waals surface area contributed by atoms with Crippen molar-refractivity contribution < 1.29 is 9.53 Å². The second-order valence-corrected chi connectivity index (χ2v) is 5.11. The van der Waals surface area contributed by atoms with Crippen molar-refractivity contribution in [3.8, 4) is 5.75 Å². The molecule has 2 aromatic rings. The zero-order valence-electron chi connectivity index (χ0n) is 13.7. The number of carbonyl (C=O) groups is 1. The molecule has 0 bridgehead atoms. The highest BCUT2D eigenvalue weighted by Gasteiger charge is 2.04. The van der Waals surface area contributed by atoms with E-state index in [-0.39, 0.29) is 18.4 Å². The van der Waals surface area contributed by atoms with E-state index in [4.69, 9.17) is 10.5 Å². The third-order valence-electron chi connectivity index (χ3n) is 3.34. The second kappa shape index (κ2) is 9.19. The second-order valence-electron chi connectivity index (χ2n) is 5.11. The van der Waals surface area contributed by atoms with Gasteiger partial charge in [0.2, 0.25) is 5.91 Å². The third kappa shape index (κ3) is 5.64. The summed E-state index contributed by atoms with van der Waals surface area (Å²) in [6.07, 6.45) is 0.783. The van der Waals surface area contributed by atoms with E-state index in [0.717, 1.165) is 6.42 Å². The van der Waals surface area contributed by atoms with E-state index in [1.54, 1.807) is 7.11 Å². The average molecular weight is 326 g/mol. The van der Waals surface area contributed by atoms with Crippen molar-refractivity contribution in [2.24, 2.45) is 10.7 Å². The number of carbonyl (C=O) groups excluding carboxylic acids is 1. The molecule has 0 saturated heterocycles. The fraction of sp³-hybridized carbons (Fsp3) is 0.222. The molecule has 0 fully saturated rings. The molecule has 0 radical (unpaired) electrons. The summed E-state index contributed by atoms with van der Waals surface area (Å²) < 4.78 is 5.21. The van der Waals surface area contributed by atoms with Crippen LogP contribution < -0.4 is 21.1 Å². The van der Waals surface area contributed by atoms with E-state index in [9.17, 15) is 4.79 Å². The number of rotatable bonds is 7. The molecule has 0 spiro atoms. The van der Waals surface area contributed by atoms with E-state index in [2.05, 4.69) is 15.6 Å². The number of methoxy groups -OCH3 is 1. The number of aliphatic imine (C=N–C) groups is 1. The van der Waals surface area contributed by atoms with Crippen LogP contribution in [-0.4, -0.2) is 32.1 Å². The van der Waals surface area contributed by atoms with Gasteiger partial charge in [0.1, 0.15) is 12.3 Å². The minimum atomic E-state index is -0.171. The maximum Gasteiger partial charge on any atom is 0.241 e. The molecule has 24 heavy (non-hydrogen) atoms. The molecule has 0 saturated carbocycles. The number of hydrogen-bond acceptors (Lipinski definition) is 3. The van der Waals surface area contributed by atoms with E-state index in [0.29, 0.717) is 18.0 Å². The molecule has 1 amide bonds. The van der Waals surface area contributed by atoms with Gasteiger partial charge in [0.15, 0.2) is 5.96 Å². The van der Waals surface area contributed by atoms with Gasteiger partial charge >= 0.3 is 0 Å². The first-order chi connectivity index (χ1) is 11.7. The molecule has 0 aromatic heterocycles. The number of nitrogens with zero attached hydrogens (tertiary/aromatic N) is 1. The van der Waals surface area contributed by atoms with Gasteiger partial charge in [-0.25, -0.2) is 4.99 Å². The molecule has 6 nitrogen and oxygen atoms in total. The summed E-state index contributed by atoms with van der Waals surface area (Å²) in [4.78, 5) is 15.8. The molecule has 0 heterocycles.